The molecule has 20 heavy (non-hydrogen) atoms. The van der Waals surface area contributed by atoms with Crippen LogP contribution in [0.1, 0.15) is 34.3 Å². The number of nitrogens with one attached hydrogen (secondary N) is 1. The van der Waals surface area contributed by atoms with Crippen LogP contribution in [0.15, 0.2) is 12.1 Å². The van der Waals surface area contributed by atoms with Gasteiger partial charge in [0, 0.05) is 24.0 Å². The molecule has 0 radical (unpaired) electrons. The molecule has 1 aliphatic heterocycles. The largest absolute Gasteiger partial charge is 0.450 e. The molecule has 5 nitrogen and oxygen atoms in total. The van der Waals surface area contributed by atoms with Gasteiger partial charge in [0.15, 0.2) is 0 Å². The van der Waals surface area contributed by atoms with Crippen LogP contribution in [0.5, 0.6) is 0 Å². The first-order valence-electron chi connectivity index (χ1n) is 6.89. The lowest BCUT2D eigenvalue weighted by molar-refractivity contribution is 0.0691. The van der Waals surface area contributed by atoms with Gasteiger partial charge in [0.2, 0.25) is 0 Å². The molecule has 2 amide bonds. The molecule has 1 saturated heterocycles. The summed E-state index contributed by atoms with van der Waals surface area (Å²) < 4.78 is 4.88. The van der Waals surface area contributed by atoms with E-state index in [4.69, 9.17) is 4.74 Å². The molecule has 1 atom stereocenters. The average molecular weight is 296 g/mol. The number of carbonyl (C=O) groups is 2. The molecule has 1 aromatic rings. The summed E-state index contributed by atoms with van der Waals surface area (Å²) in [7, 11) is 0. The summed E-state index contributed by atoms with van der Waals surface area (Å²) >= 11 is 1.51. The second-order valence-corrected chi connectivity index (χ2v) is 6.15. The molecule has 110 valence electrons. The van der Waals surface area contributed by atoms with E-state index in [0.717, 1.165) is 29.1 Å². The maximum atomic E-state index is 12.4. The fourth-order valence-electron chi connectivity index (χ4n) is 2.32. The Morgan fingerprint density at radius 2 is 2.30 bits per heavy atom. The van der Waals surface area contributed by atoms with Gasteiger partial charge in [-0.25, -0.2) is 4.79 Å². The zero-order valence-corrected chi connectivity index (χ0v) is 12.7. The van der Waals surface area contributed by atoms with E-state index in [2.05, 4.69) is 5.32 Å². The van der Waals surface area contributed by atoms with E-state index < -0.39 is 6.09 Å². The maximum absolute atomic E-state index is 12.4. The van der Waals surface area contributed by atoms with Gasteiger partial charge in [-0.15, -0.1) is 11.3 Å². The van der Waals surface area contributed by atoms with Crippen molar-refractivity contribution in [3.05, 3.63) is 21.9 Å². The van der Waals surface area contributed by atoms with Crippen LogP contribution in [0.2, 0.25) is 0 Å². The van der Waals surface area contributed by atoms with Gasteiger partial charge in [-0.2, -0.15) is 0 Å². The Morgan fingerprint density at radius 1 is 1.50 bits per heavy atom. The number of carbonyl (C=O) groups excluding carboxylic acids is 2. The topological polar surface area (TPSA) is 58.6 Å². The Labute approximate surface area is 122 Å². The quantitative estimate of drug-likeness (QED) is 0.932. The van der Waals surface area contributed by atoms with E-state index in [1.807, 2.05) is 24.0 Å². The Kier molecular flexibility index (Phi) is 5.00. The number of aryl methyl sites for hydroxylation is 1. The first-order valence-corrected chi connectivity index (χ1v) is 7.70. The average Bonchev–Trinajstić information content (AvgIpc) is 2.85. The highest BCUT2D eigenvalue weighted by Crippen LogP contribution is 2.20. The summed E-state index contributed by atoms with van der Waals surface area (Å²) in [6.45, 7) is 5.42. The molecule has 0 aromatic carbocycles. The van der Waals surface area contributed by atoms with Crippen LogP contribution in [-0.4, -0.2) is 42.6 Å². The van der Waals surface area contributed by atoms with Crippen molar-refractivity contribution in [2.75, 3.05) is 19.7 Å². The molecule has 0 spiro atoms. The third kappa shape index (κ3) is 3.72. The molecule has 1 aromatic heterocycles. The summed E-state index contributed by atoms with van der Waals surface area (Å²) in [5.41, 5.74) is 0. The van der Waals surface area contributed by atoms with Gasteiger partial charge >= 0.3 is 6.09 Å². The van der Waals surface area contributed by atoms with Crippen LogP contribution >= 0.6 is 11.3 Å². The molecule has 1 unspecified atom stereocenters. The lowest BCUT2D eigenvalue weighted by Gasteiger charge is -2.32. The van der Waals surface area contributed by atoms with E-state index in [0.29, 0.717) is 13.2 Å². The van der Waals surface area contributed by atoms with Crippen LogP contribution < -0.4 is 5.32 Å². The SMILES string of the molecule is CCOC(=O)NC1CCCN(C(=O)c2ccc(C)s2)C1. The number of hydrogen-bond donors (Lipinski definition) is 1. The predicted octanol–water partition coefficient (Wildman–Crippen LogP) is 2.41. The molecule has 1 aliphatic rings. The fourth-order valence-corrected chi connectivity index (χ4v) is 3.16. The van der Waals surface area contributed by atoms with Crippen molar-refractivity contribution in [2.24, 2.45) is 0 Å². The molecule has 2 heterocycles. The standard InChI is InChI=1S/C14H20N2O3S/c1-3-19-14(18)15-11-5-4-8-16(9-11)13(17)12-7-6-10(2)20-12/h6-7,11H,3-5,8-9H2,1-2H3,(H,15,18). The zero-order chi connectivity index (χ0) is 14.5. The van der Waals surface area contributed by atoms with Gasteiger partial charge in [-0.05, 0) is 38.8 Å². The number of amides is 2. The third-order valence-electron chi connectivity index (χ3n) is 3.26. The lowest BCUT2D eigenvalue weighted by atomic mass is 10.1. The minimum Gasteiger partial charge on any atom is -0.450 e. The Morgan fingerprint density at radius 3 is 2.95 bits per heavy atom. The Hall–Kier alpha value is -1.56. The second kappa shape index (κ2) is 6.74. The summed E-state index contributed by atoms with van der Waals surface area (Å²) in [5.74, 6) is 0.0541. The van der Waals surface area contributed by atoms with Gasteiger partial charge in [-0.1, -0.05) is 0 Å². The smallest absolute Gasteiger partial charge is 0.407 e. The van der Waals surface area contributed by atoms with Gasteiger partial charge in [0.25, 0.3) is 5.91 Å². The van der Waals surface area contributed by atoms with Crippen molar-refractivity contribution in [3.63, 3.8) is 0 Å². The van der Waals surface area contributed by atoms with Gasteiger partial charge < -0.3 is 15.0 Å². The predicted molar refractivity (Wildman–Crippen MR) is 78.1 cm³/mol. The van der Waals surface area contributed by atoms with Crippen molar-refractivity contribution in [3.8, 4) is 0 Å². The molecular weight excluding hydrogens is 276 g/mol. The van der Waals surface area contributed by atoms with Crippen molar-refractivity contribution >= 4 is 23.3 Å². The number of hydrogen-bond acceptors (Lipinski definition) is 4. The third-order valence-corrected chi connectivity index (χ3v) is 4.25. The van der Waals surface area contributed by atoms with Gasteiger partial charge in [0.1, 0.15) is 0 Å². The van der Waals surface area contributed by atoms with Crippen LogP contribution in [0.4, 0.5) is 4.79 Å². The number of piperidine rings is 1. The van der Waals surface area contributed by atoms with Crippen molar-refractivity contribution in [1.82, 2.24) is 10.2 Å². The number of likely N-dealkylation sites (tertiary alicyclic amines) is 1. The van der Waals surface area contributed by atoms with Crippen LogP contribution in [0, 0.1) is 6.92 Å². The van der Waals surface area contributed by atoms with Gasteiger partial charge in [-0.3, -0.25) is 4.79 Å². The Bertz CT molecular complexity index is 487. The van der Waals surface area contributed by atoms with Crippen molar-refractivity contribution in [2.45, 2.75) is 32.7 Å². The minimum absolute atomic E-state index is 0.0205. The second-order valence-electron chi connectivity index (χ2n) is 4.87. The van der Waals surface area contributed by atoms with Crippen molar-refractivity contribution < 1.29 is 14.3 Å². The fraction of sp³-hybridized carbons (Fsp3) is 0.571. The summed E-state index contributed by atoms with van der Waals surface area (Å²) in [5, 5.41) is 2.81. The number of thiophene rings is 1. The monoisotopic (exact) mass is 296 g/mol. The summed E-state index contributed by atoms with van der Waals surface area (Å²) in [6, 6.07) is 3.80. The minimum atomic E-state index is -0.404. The number of nitrogens with zero attached hydrogens (tertiary/aromatic N) is 1. The number of rotatable bonds is 3. The van der Waals surface area contributed by atoms with Crippen molar-refractivity contribution in [1.29, 1.82) is 0 Å². The molecule has 1 fully saturated rings. The maximum Gasteiger partial charge on any atom is 0.407 e. The lowest BCUT2D eigenvalue weighted by Crippen LogP contribution is -2.49. The zero-order valence-electron chi connectivity index (χ0n) is 11.8. The Balaban J connectivity index is 1.93. The first-order chi connectivity index (χ1) is 9.60. The molecule has 1 N–H and O–H groups in total. The molecular formula is C14H20N2O3S. The molecule has 0 saturated carbocycles. The van der Waals surface area contributed by atoms with Crippen LogP contribution in [0.25, 0.3) is 0 Å². The van der Waals surface area contributed by atoms with Crippen LogP contribution in [0.3, 0.4) is 0 Å². The first kappa shape index (κ1) is 14.8. The highest BCUT2D eigenvalue weighted by molar-refractivity contribution is 7.13. The highest BCUT2D eigenvalue weighted by atomic mass is 32.1. The molecule has 6 heteroatoms. The summed E-state index contributed by atoms with van der Waals surface area (Å²) in [4.78, 5) is 27.5. The van der Waals surface area contributed by atoms with Gasteiger partial charge in [0.05, 0.1) is 11.5 Å². The van der Waals surface area contributed by atoms with E-state index in [-0.39, 0.29) is 11.9 Å². The van der Waals surface area contributed by atoms with Crippen LogP contribution in [-0.2, 0) is 4.74 Å². The van der Waals surface area contributed by atoms with E-state index in [9.17, 15) is 9.59 Å². The molecule has 0 aliphatic carbocycles. The highest BCUT2D eigenvalue weighted by Gasteiger charge is 2.26. The van der Waals surface area contributed by atoms with E-state index in [1.165, 1.54) is 11.3 Å². The van der Waals surface area contributed by atoms with E-state index in [1.54, 1.807) is 6.92 Å². The number of alkyl carbamates (subject to hydrolysis) is 1. The molecule has 0 bridgehead atoms. The number of ether oxygens (including phenoxy) is 1. The van der Waals surface area contributed by atoms with E-state index >= 15 is 0 Å². The summed E-state index contributed by atoms with van der Waals surface area (Å²) in [6.07, 6.45) is 1.37. The molecule has 2 rings (SSSR count). The normalized spacial score (nSPS) is 18.7.